The fourth-order valence-electron chi connectivity index (χ4n) is 2.43. The van der Waals surface area contributed by atoms with Gasteiger partial charge in [0.2, 0.25) is 0 Å². The highest BCUT2D eigenvalue weighted by molar-refractivity contribution is 5.89. The molecule has 0 saturated carbocycles. The maximum absolute atomic E-state index is 13.8. The summed E-state index contributed by atoms with van der Waals surface area (Å²) >= 11 is 0. The Bertz CT molecular complexity index is 812. The van der Waals surface area contributed by atoms with Gasteiger partial charge in [-0.25, -0.2) is 9.18 Å². The number of nitrogens with one attached hydrogen (secondary N) is 3. The third-order valence-corrected chi connectivity index (χ3v) is 3.88. The number of amides is 3. The molecule has 150 valence electrons. The van der Waals surface area contributed by atoms with E-state index in [1.54, 1.807) is 37.3 Å². The molecule has 3 N–H and O–H groups in total. The Morgan fingerprint density at radius 1 is 1.14 bits per heavy atom. The molecule has 0 aliphatic carbocycles. The number of carbonyl (C=O) groups excluding carboxylic acids is 2. The minimum atomic E-state index is -0.489. The normalized spacial score (nSPS) is 11.3. The summed E-state index contributed by atoms with van der Waals surface area (Å²) in [4.78, 5) is 23.5. The van der Waals surface area contributed by atoms with Gasteiger partial charge in [0.05, 0.1) is 13.2 Å². The SMILES string of the molecule is CCNC(=O)COc1ccc(NC(=O)N[C@H](C)c2ccc(OC)c(F)c2)cc1. The van der Waals surface area contributed by atoms with Crippen molar-refractivity contribution in [2.45, 2.75) is 19.9 Å². The summed E-state index contributed by atoms with van der Waals surface area (Å²) in [5, 5.41) is 8.06. The van der Waals surface area contributed by atoms with Crippen molar-refractivity contribution in [1.29, 1.82) is 0 Å². The zero-order chi connectivity index (χ0) is 20.5. The van der Waals surface area contributed by atoms with Crippen molar-refractivity contribution in [2.24, 2.45) is 0 Å². The summed E-state index contributed by atoms with van der Waals surface area (Å²) in [7, 11) is 1.39. The number of methoxy groups -OCH3 is 1. The van der Waals surface area contributed by atoms with Gasteiger partial charge in [-0.05, 0) is 55.8 Å². The van der Waals surface area contributed by atoms with Crippen LogP contribution in [-0.4, -0.2) is 32.2 Å². The van der Waals surface area contributed by atoms with Crippen molar-refractivity contribution >= 4 is 17.6 Å². The van der Waals surface area contributed by atoms with Crippen molar-refractivity contribution < 1.29 is 23.5 Å². The van der Waals surface area contributed by atoms with Gasteiger partial charge in [0.25, 0.3) is 5.91 Å². The van der Waals surface area contributed by atoms with Gasteiger partial charge in [-0.15, -0.1) is 0 Å². The molecule has 2 aromatic rings. The summed E-state index contributed by atoms with van der Waals surface area (Å²) in [6.07, 6.45) is 0. The first kappa shape index (κ1) is 21.0. The molecule has 0 aliphatic rings. The maximum atomic E-state index is 13.8. The Hall–Kier alpha value is -3.29. The highest BCUT2D eigenvalue weighted by Gasteiger charge is 2.12. The van der Waals surface area contributed by atoms with Gasteiger partial charge in [0, 0.05) is 12.2 Å². The van der Waals surface area contributed by atoms with Crippen LogP contribution >= 0.6 is 0 Å². The van der Waals surface area contributed by atoms with Gasteiger partial charge >= 0.3 is 6.03 Å². The topological polar surface area (TPSA) is 88.7 Å². The number of carbonyl (C=O) groups is 2. The van der Waals surface area contributed by atoms with E-state index in [2.05, 4.69) is 16.0 Å². The summed E-state index contributed by atoms with van der Waals surface area (Å²) in [6.45, 7) is 4.05. The minimum absolute atomic E-state index is 0.0724. The van der Waals surface area contributed by atoms with Crippen LogP contribution in [0.5, 0.6) is 11.5 Å². The smallest absolute Gasteiger partial charge is 0.319 e. The van der Waals surface area contributed by atoms with Crippen LogP contribution in [0.1, 0.15) is 25.5 Å². The van der Waals surface area contributed by atoms with Gasteiger partial charge in [-0.2, -0.15) is 0 Å². The Kier molecular flexibility index (Phi) is 7.62. The van der Waals surface area contributed by atoms with Gasteiger partial charge in [-0.1, -0.05) is 6.07 Å². The third kappa shape index (κ3) is 6.15. The predicted octanol–water partition coefficient (Wildman–Crippen LogP) is 3.23. The summed E-state index contributed by atoms with van der Waals surface area (Å²) < 4.78 is 24.0. The molecule has 0 saturated heterocycles. The zero-order valence-electron chi connectivity index (χ0n) is 16.0. The van der Waals surface area contributed by atoms with Crippen molar-refractivity contribution in [3.63, 3.8) is 0 Å². The molecule has 8 heteroatoms. The number of rotatable bonds is 8. The monoisotopic (exact) mass is 389 g/mol. The molecule has 0 aromatic heterocycles. The number of likely N-dealkylation sites (N-methyl/N-ethyl adjacent to an activating group) is 1. The second kappa shape index (κ2) is 10.1. The van der Waals surface area contributed by atoms with Crippen LogP contribution in [0.4, 0.5) is 14.9 Å². The van der Waals surface area contributed by atoms with Crippen LogP contribution in [-0.2, 0) is 4.79 Å². The highest BCUT2D eigenvalue weighted by Crippen LogP contribution is 2.22. The number of benzene rings is 2. The lowest BCUT2D eigenvalue weighted by molar-refractivity contribution is -0.122. The Balaban J connectivity index is 1.86. The Morgan fingerprint density at radius 2 is 1.86 bits per heavy atom. The molecule has 0 heterocycles. The molecule has 0 radical (unpaired) electrons. The molecule has 3 amide bonds. The lowest BCUT2D eigenvalue weighted by Gasteiger charge is -2.16. The quantitative estimate of drug-likeness (QED) is 0.647. The predicted molar refractivity (Wildman–Crippen MR) is 104 cm³/mol. The average Bonchev–Trinajstić information content (AvgIpc) is 2.67. The van der Waals surface area contributed by atoms with E-state index in [0.29, 0.717) is 23.5 Å². The van der Waals surface area contributed by atoms with E-state index in [1.807, 2.05) is 6.92 Å². The first-order valence-electron chi connectivity index (χ1n) is 8.83. The lowest BCUT2D eigenvalue weighted by atomic mass is 10.1. The van der Waals surface area contributed by atoms with E-state index in [9.17, 15) is 14.0 Å². The van der Waals surface area contributed by atoms with Crippen LogP contribution in [0.25, 0.3) is 0 Å². The van der Waals surface area contributed by atoms with Crippen LogP contribution in [0, 0.1) is 5.82 Å². The summed E-state index contributed by atoms with van der Waals surface area (Å²) in [6, 6.07) is 10.3. The molecule has 1 atom stereocenters. The van der Waals surface area contributed by atoms with E-state index in [0.717, 1.165) is 0 Å². The van der Waals surface area contributed by atoms with Gasteiger partial charge in [-0.3, -0.25) is 4.79 Å². The average molecular weight is 389 g/mol. The van der Waals surface area contributed by atoms with Gasteiger partial charge < -0.3 is 25.4 Å². The summed E-state index contributed by atoms with van der Waals surface area (Å²) in [5.74, 6) is -0.0283. The fourth-order valence-corrected chi connectivity index (χ4v) is 2.43. The van der Waals surface area contributed by atoms with Crippen LogP contribution < -0.4 is 25.4 Å². The molecular weight excluding hydrogens is 365 g/mol. The lowest BCUT2D eigenvalue weighted by Crippen LogP contribution is -2.31. The fraction of sp³-hybridized carbons (Fsp3) is 0.300. The third-order valence-electron chi connectivity index (χ3n) is 3.88. The Morgan fingerprint density at radius 3 is 2.46 bits per heavy atom. The van der Waals surface area contributed by atoms with Crippen molar-refractivity contribution in [3.05, 3.63) is 53.8 Å². The molecule has 2 rings (SSSR count). The summed E-state index contributed by atoms with van der Waals surface area (Å²) in [5.41, 5.74) is 1.17. The first-order valence-corrected chi connectivity index (χ1v) is 8.83. The molecule has 0 spiro atoms. The maximum Gasteiger partial charge on any atom is 0.319 e. The number of anilines is 1. The molecule has 0 aliphatic heterocycles. The number of halogens is 1. The number of urea groups is 1. The van der Waals surface area contributed by atoms with Gasteiger partial charge in [0.15, 0.2) is 18.2 Å². The van der Waals surface area contributed by atoms with E-state index in [4.69, 9.17) is 9.47 Å². The zero-order valence-corrected chi connectivity index (χ0v) is 16.0. The Labute approximate surface area is 163 Å². The van der Waals surface area contributed by atoms with E-state index < -0.39 is 17.9 Å². The highest BCUT2D eigenvalue weighted by atomic mass is 19.1. The number of hydrogen-bond acceptors (Lipinski definition) is 4. The van der Waals surface area contributed by atoms with Gasteiger partial charge in [0.1, 0.15) is 5.75 Å². The molecule has 0 unspecified atom stereocenters. The minimum Gasteiger partial charge on any atom is -0.494 e. The largest absolute Gasteiger partial charge is 0.494 e. The van der Waals surface area contributed by atoms with Crippen LogP contribution in [0.2, 0.25) is 0 Å². The van der Waals surface area contributed by atoms with Crippen molar-refractivity contribution in [2.75, 3.05) is 25.6 Å². The molecule has 0 bridgehead atoms. The molecule has 0 fully saturated rings. The number of ether oxygens (including phenoxy) is 2. The van der Waals surface area contributed by atoms with E-state index in [1.165, 1.54) is 19.2 Å². The number of hydrogen-bond donors (Lipinski definition) is 3. The van der Waals surface area contributed by atoms with Crippen LogP contribution in [0.3, 0.4) is 0 Å². The molecular formula is C20H24FN3O4. The second-order valence-electron chi connectivity index (χ2n) is 5.98. The second-order valence-corrected chi connectivity index (χ2v) is 5.98. The standard InChI is InChI=1S/C20H24FN3O4/c1-4-22-19(25)12-28-16-8-6-15(7-9-16)24-20(26)23-13(2)14-5-10-18(27-3)17(21)11-14/h5-11,13H,4,12H2,1-3H3,(H,22,25)(H2,23,24,26)/t13-/m1/s1. The van der Waals surface area contributed by atoms with E-state index >= 15 is 0 Å². The van der Waals surface area contributed by atoms with Crippen LogP contribution in [0.15, 0.2) is 42.5 Å². The van der Waals surface area contributed by atoms with Crippen molar-refractivity contribution in [3.8, 4) is 11.5 Å². The first-order chi connectivity index (χ1) is 13.4. The molecule has 7 nitrogen and oxygen atoms in total. The van der Waals surface area contributed by atoms with Crippen molar-refractivity contribution in [1.82, 2.24) is 10.6 Å². The molecule has 2 aromatic carbocycles. The van der Waals surface area contributed by atoms with E-state index in [-0.39, 0.29) is 18.3 Å². The molecule has 28 heavy (non-hydrogen) atoms.